The molecule has 84 valence electrons. The number of carbonyl (C=O) groups is 2. The largest absolute Gasteiger partial charge is 0.391 e. The highest BCUT2D eigenvalue weighted by Gasteiger charge is 2.46. The fourth-order valence-corrected chi connectivity index (χ4v) is 2.25. The monoisotopic (exact) mass is 212 g/mol. The number of hydrogen-bond acceptors (Lipinski definition) is 3. The Morgan fingerprint density at radius 3 is 2.73 bits per heavy atom. The van der Waals surface area contributed by atoms with Crippen LogP contribution in [0.1, 0.15) is 20.3 Å². The first-order valence-electron chi connectivity index (χ1n) is 5.29. The van der Waals surface area contributed by atoms with E-state index in [0.29, 0.717) is 13.0 Å². The Balaban J connectivity index is 2.21. The van der Waals surface area contributed by atoms with Gasteiger partial charge in [-0.2, -0.15) is 0 Å². The zero-order valence-electron chi connectivity index (χ0n) is 8.93. The van der Waals surface area contributed by atoms with Gasteiger partial charge in [-0.15, -0.1) is 0 Å². The van der Waals surface area contributed by atoms with Crippen LogP contribution in [0.25, 0.3) is 0 Å². The first kappa shape index (κ1) is 10.4. The fourth-order valence-electron chi connectivity index (χ4n) is 2.25. The number of aliphatic hydroxyl groups excluding tert-OH is 1. The number of amides is 2. The summed E-state index contributed by atoms with van der Waals surface area (Å²) in [6, 6.07) is -0.887. The quantitative estimate of drug-likeness (QED) is 0.592. The maximum Gasteiger partial charge on any atom is 0.246 e. The standard InChI is InChI=1S/C10H16N2O3/c1-5(2)8-10(15)12-4-6(13)3-7(12)9(14)11-8/h5-8,13H,3-4H2,1-2H3,(H,11,14)/t6-,7+,8-/m0/s1. The minimum Gasteiger partial charge on any atom is -0.391 e. The predicted octanol–water partition coefficient (Wildman–Crippen LogP) is -0.897. The molecule has 2 aliphatic rings. The summed E-state index contributed by atoms with van der Waals surface area (Å²) in [7, 11) is 0. The van der Waals surface area contributed by atoms with E-state index < -0.39 is 18.2 Å². The van der Waals surface area contributed by atoms with Crippen LogP contribution in [0, 0.1) is 5.92 Å². The lowest BCUT2D eigenvalue weighted by atomic mass is 9.99. The van der Waals surface area contributed by atoms with Crippen molar-refractivity contribution in [2.75, 3.05) is 6.54 Å². The van der Waals surface area contributed by atoms with E-state index in [-0.39, 0.29) is 17.7 Å². The molecule has 0 saturated carbocycles. The van der Waals surface area contributed by atoms with E-state index in [4.69, 9.17) is 0 Å². The van der Waals surface area contributed by atoms with Gasteiger partial charge >= 0.3 is 0 Å². The van der Waals surface area contributed by atoms with Gasteiger partial charge in [-0.05, 0) is 5.92 Å². The number of nitrogens with zero attached hydrogens (tertiary/aromatic N) is 1. The van der Waals surface area contributed by atoms with Crippen molar-refractivity contribution in [3.05, 3.63) is 0 Å². The minimum atomic E-state index is -0.560. The van der Waals surface area contributed by atoms with E-state index in [2.05, 4.69) is 5.32 Å². The molecule has 2 saturated heterocycles. The van der Waals surface area contributed by atoms with Gasteiger partial charge in [0.15, 0.2) is 0 Å². The van der Waals surface area contributed by atoms with Crippen LogP contribution in [0.15, 0.2) is 0 Å². The summed E-state index contributed by atoms with van der Waals surface area (Å²) in [6.07, 6.45) is -0.196. The van der Waals surface area contributed by atoms with Crippen molar-refractivity contribution < 1.29 is 14.7 Å². The molecule has 0 aromatic carbocycles. The second-order valence-corrected chi connectivity index (χ2v) is 4.63. The van der Waals surface area contributed by atoms with Gasteiger partial charge in [-0.3, -0.25) is 9.59 Å². The number of nitrogens with one attached hydrogen (secondary N) is 1. The van der Waals surface area contributed by atoms with Crippen molar-refractivity contribution in [3.8, 4) is 0 Å². The molecule has 5 nitrogen and oxygen atoms in total. The summed E-state index contributed by atoms with van der Waals surface area (Å²) < 4.78 is 0. The first-order chi connectivity index (χ1) is 7.00. The molecule has 3 atom stereocenters. The van der Waals surface area contributed by atoms with Crippen LogP contribution in [0.4, 0.5) is 0 Å². The van der Waals surface area contributed by atoms with Gasteiger partial charge in [0.25, 0.3) is 0 Å². The fraction of sp³-hybridized carbons (Fsp3) is 0.800. The highest BCUT2D eigenvalue weighted by Crippen LogP contribution is 2.24. The Kier molecular flexibility index (Phi) is 2.42. The number of carbonyl (C=O) groups excluding carboxylic acids is 2. The number of rotatable bonds is 1. The second kappa shape index (κ2) is 3.48. The molecule has 2 heterocycles. The minimum absolute atomic E-state index is 0.0637. The van der Waals surface area contributed by atoms with Crippen LogP contribution in [0.2, 0.25) is 0 Å². The average Bonchev–Trinajstić information content (AvgIpc) is 2.53. The zero-order valence-corrected chi connectivity index (χ0v) is 8.93. The third-order valence-electron chi connectivity index (χ3n) is 3.10. The number of fused-ring (bicyclic) bond motifs is 1. The predicted molar refractivity (Wildman–Crippen MR) is 52.9 cm³/mol. The normalized spacial score (nSPS) is 35.7. The molecule has 0 aliphatic carbocycles. The summed E-state index contributed by atoms with van der Waals surface area (Å²) >= 11 is 0. The number of piperazine rings is 1. The lowest BCUT2D eigenvalue weighted by Crippen LogP contribution is -2.62. The smallest absolute Gasteiger partial charge is 0.246 e. The molecule has 2 N–H and O–H groups in total. The van der Waals surface area contributed by atoms with Crippen molar-refractivity contribution in [3.63, 3.8) is 0 Å². The van der Waals surface area contributed by atoms with Gasteiger partial charge in [-0.1, -0.05) is 13.8 Å². The summed E-state index contributed by atoms with van der Waals surface area (Å²) in [4.78, 5) is 25.1. The summed E-state index contributed by atoms with van der Waals surface area (Å²) in [6.45, 7) is 4.09. The molecular formula is C10H16N2O3. The van der Waals surface area contributed by atoms with Gasteiger partial charge in [-0.25, -0.2) is 0 Å². The third-order valence-corrected chi connectivity index (χ3v) is 3.10. The Labute approximate surface area is 88.4 Å². The zero-order chi connectivity index (χ0) is 11.2. The molecule has 5 heteroatoms. The molecule has 0 aromatic heterocycles. The molecule has 0 bridgehead atoms. The molecule has 0 radical (unpaired) electrons. The molecule has 2 rings (SSSR count). The van der Waals surface area contributed by atoms with Crippen LogP contribution >= 0.6 is 0 Å². The highest BCUT2D eigenvalue weighted by atomic mass is 16.3. The van der Waals surface area contributed by atoms with Gasteiger partial charge in [0.1, 0.15) is 12.1 Å². The van der Waals surface area contributed by atoms with E-state index in [1.807, 2.05) is 13.8 Å². The van der Waals surface area contributed by atoms with Crippen LogP contribution in [0.3, 0.4) is 0 Å². The van der Waals surface area contributed by atoms with Crippen molar-refractivity contribution in [2.24, 2.45) is 5.92 Å². The Hall–Kier alpha value is -1.10. The Morgan fingerprint density at radius 1 is 1.47 bits per heavy atom. The Bertz CT molecular complexity index is 303. The highest BCUT2D eigenvalue weighted by molar-refractivity contribution is 5.97. The summed E-state index contributed by atoms with van der Waals surface area (Å²) in [5.41, 5.74) is 0. The molecule has 2 aliphatic heterocycles. The summed E-state index contributed by atoms with van der Waals surface area (Å²) in [5.74, 6) is -0.115. The summed E-state index contributed by atoms with van der Waals surface area (Å²) in [5, 5.41) is 12.2. The third kappa shape index (κ3) is 1.61. The number of hydrogen-bond donors (Lipinski definition) is 2. The number of aliphatic hydroxyl groups is 1. The molecule has 0 spiro atoms. The second-order valence-electron chi connectivity index (χ2n) is 4.63. The van der Waals surface area contributed by atoms with Crippen LogP contribution in [-0.4, -0.2) is 46.6 Å². The van der Waals surface area contributed by atoms with E-state index in [1.165, 1.54) is 4.90 Å². The van der Waals surface area contributed by atoms with E-state index in [1.54, 1.807) is 0 Å². The molecular weight excluding hydrogens is 196 g/mol. The maximum absolute atomic E-state index is 11.9. The van der Waals surface area contributed by atoms with Crippen molar-refractivity contribution >= 4 is 11.8 Å². The van der Waals surface area contributed by atoms with Crippen LogP contribution in [0.5, 0.6) is 0 Å². The van der Waals surface area contributed by atoms with E-state index in [0.717, 1.165) is 0 Å². The lowest BCUT2D eigenvalue weighted by molar-refractivity contribution is -0.148. The molecule has 2 amide bonds. The van der Waals surface area contributed by atoms with Crippen molar-refractivity contribution in [1.29, 1.82) is 0 Å². The molecule has 15 heavy (non-hydrogen) atoms. The lowest BCUT2D eigenvalue weighted by Gasteiger charge is -2.36. The van der Waals surface area contributed by atoms with Crippen molar-refractivity contribution in [1.82, 2.24) is 10.2 Å². The van der Waals surface area contributed by atoms with Gasteiger partial charge < -0.3 is 15.3 Å². The Morgan fingerprint density at radius 2 is 2.13 bits per heavy atom. The van der Waals surface area contributed by atoms with Gasteiger partial charge in [0.05, 0.1) is 6.10 Å². The molecule has 0 unspecified atom stereocenters. The SMILES string of the molecule is CC(C)[C@@H]1NC(=O)[C@H]2C[C@H](O)CN2C1=O. The molecule has 0 aromatic rings. The average molecular weight is 212 g/mol. The topological polar surface area (TPSA) is 69.6 Å². The van der Waals surface area contributed by atoms with Crippen molar-refractivity contribution in [2.45, 2.75) is 38.5 Å². The van der Waals surface area contributed by atoms with E-state index in [9.17, 15) is 14.7 Å². The maximum atomic E-state index is 11.9. The van der Waals surface area contributed by atoms with Gasteiger partial charge in [0.2, 0.25) is 11.8 Å². The van der Waals surface area contributed by atoms with E-state index >= 15 is 0 Å². The first-order valence-corrected chi connectivity index (χ1v) is 5.29. The van der Waals surface area contributed by atoms with Crippen LogP contribution < -0.4 is 5.32 Å². The molecule has 2 fully saturated rings. The van der Waals surface area contributed by atoms with Crippen LogP contribution in [-0.2, 0) is 9.59 Å². The van der Waals surface area contributed by atoms with Gasteiger partial charge in [0, 0.05) is 13.0 Å².